The van der Waals surface area contributed by atoms with Crippen LogP contribution < -0.4 is 11.1 Å². The minimum absolute atomic E-state index is 0. The smallest absolute Gasteiger partial charge is 0.251 e. The largest absolute Gasteiger partial charge is 0.399 e. The Kier molecular flexibility index (Phi) is 13.1. The molecule has 1 amide bonds. The van der Waals surface area contributed by atoms with Gasteiger partial charge < -0.3 is 16.0 Å². The van der Waals surface area contributed by atoms with E-state index in [1.165, 1.54) is 0 Å². The molecule has 1 atom stereocenters. The molecule has 1 unspecified atom stereocenters. The van der Waals surface area contributed by atoms with Crippen molar-refractivity contribution in [2.24, 2.45) is 0 Å². The van der Waals surface area contributed by atoms with Crippen molar-refractivity contribution < 1.29 is 4.79 Å². The van der Waals surface area contributed by atoms with Crippen LogP contribution in [-0.2, 0) is 0 Å². The Hall–Kier alpha value is -0.970. The Morgan fingerprint density at radius 2 is 1.87 bits per heavy atom. The summed E-state index contributed by atoms with van der Waals surface area (Å²) in [5.41, 5.74) is 8.01. The molecule has 1 aromatic carbocycles. The fourth-order valence-electron chi connectivity index (χ4n) is 2.42. The van der Waals surface area contributed by atoms with E-state index in [0.29, 0.717) is 11.3 Å². The number of rotatable bonds is 8. The van der Waals surface area contributed by atoms with Crippen molar-refractivity contribution in [2.75, 3.05) is 25.4 Å². The lowest BCUT2D eigenvalue weighted by Gasteiger charge is -2.20. The minimum atomic E-state index is -0.0323. The van der Waals surface area contributed by atoms with Gasteiger partial charge in [-0.15, -0.1) is 24.8 Å². The standard InChI is InChI=1S/C17H29N3O.2ClH/c1-5-20(6-2)11-7-8-14(4)19-17(21)16-12-15(18)10-9-13(16)3;;/h9-10,12,14H,5-8,11,18H2,1-4H3,(H,19,21);2*1H. The first kappa shape index (κ1) is 24.3. The number of carbonyl (C=O) groups excluding carboxylic acids is 1. The molecule has 0 heterocycles. The van der Waals surface area contributed by atoms with Crippen molar-refractivity contribution in [3.8, 4) is 0 Å². The van der Waals surface area contributed by atoms with Crippen LogP contribution in [0.25, 0.3) is 0 Å². The monoisotopic (exact) mass is 363 g/mol. The summed E-state index contributed by atoms with van der Waals surface area (Å²) in [6.07, 6.45) is 2.09. The van der Waals surface area contributed by atoms with E-state index in [9.17, 15) is 4.79 Å². The minimum Gasteiger partial charge on any atom is -0.399 e. The molecule has 4 nitrogen and oxygen atoms in total. The summed E-state index contributed by atoms with van der Waals surface area (Å²) in [5, 5.41) is 3.06. The van der Waals surface area contributed by atoms with Crippen LogP contribution in [0.2, 0.25) is 0 Å². The number of nitrogens with one attached hydrogen (secondary N) is 1. The number of anilines is 1. The second-order valence-corrected chi connectivity index (χ2v) is 5.62. The van der Waals surface area contributed by atoms with E-state index in [4.69, 9.17) is 5.73 Å². The first-order valence-corrected chi connectivity index (χ1v) is 7.87. The number of benzene rings is 1. The van der Waals surface area contributed by atoms with Gasteiger partial charge in [0.2, 0.25) is 0 Å². The number of hydrogen-bond donors (Lipinski definition) is 2. The van der Waals surface area contributed by atoms with Crippen LogP contribution >= 0.6 is 24.8 Å². The fraction of sp³-hybridized carbons (Fsp3) is 0.588. The van der Waals surface area contributed by atoms with Gasteiger partial charge in [-0.2, -0.15) is 0 Å². The van der Waals surface area contributed by atoms with Gasteiger partial charge in [-0.3, -0.25) is 4.79 Å². The Morgan fingerprint density at radius 3 is 2.43 bits per heavy atom. The molecule has 0 spiro atoms. The summed E-state index contributed by atoms with van der Waals surface area (Å²) >= 11 is 0. The quantitative estimate of drug-likeness (QED) is 0.692. The van der Waals surface area contributed by atoms with Crippen LogP contribution in [-0.4, -0.2) is 36.5 Å². The van der Waals surface area contributed by atoms with E-state index in [0.717, 1.165) is 38.0 Å². The molecule has 0 aromatic heterocycles. The van der Waals surface area contributed by atoms with Crippen molar-refractivity contribution in [1.82, 2.24) is 10.2 Å². The number of nitrogens with two attached hydrogens (primary N) is 1. The lowest BCUT2D eigenvalue weighted by Crippen LogP contribution is -2.34. The molecule has 0 saturated heterocycles. The maximum absolute atomic E-state index is 12.3. The third-order valence-electron chi connectivity index (χ3n) is 3.89. The molecule has 3 N–H and O–H groups in total. The van der Waals surface area contributed by atoms with Crippen LogP contribution in [0.15, 0.2) is 18.2 Å². The van der Waals surface area contributed by atoms with Crippen LogP contribution in [0, 0.1) is 6.92 Å². The second kappa shape index (κ2) is 12.5. The average Bonchev–Trinajstić information content (AvgIpc) is 2.46. The van der Waals surface area contributed by atoms with Gasteiger partial charge in [-0.1, -0.05) is 19.9 Å². The highest BCUT2D eigenvalue weighted by atomic mass is 35.5. The fourth-order valence-corrected chi connectivity index (χ4v) is 2.42. The van der Waals surface area contributed by atoms with E-state index >= 15 is 0 Å². The number of hydrogen-bond acceptors (Lipinski definition) is 3. The molecule has 0 radical (unpaired) electrons. The van der Waals surface area contributed by atoms with E-state index in [2.05, 4.69) is 31.0 Å². The van der Waals surface area contributed by atoms with Crippen LogP contribution in [0.4, 0.5) is 5.69 Å². The molecule has 0 saturated carbocycles. The summed E-state index contributed by atoms with van der Waals surface area (Å²) in [6, 6.07) is 5.62. The van der Waals surface area contributed by atoms with Gasteiger partial charge in [0.15, 0.2) is 0 Å². The van der Waals surface area contributed by atoms with Gasteiger partial charge in [0, 0.05) is 17.3 Å². The van der Waals surface area contributed by atoms with Crippen molar-refractivity contribution in [3.63, 3.8) is 0 Å². The van der Waals surface area contributed by atoms with Crippen molar-refractivity contribution in [3.05, 3.63) is 29.3 Å². The summed E-state index contributed by atoms with van der Waals surface area (Å²) in [6.45, 7) is 11.6. The zero-order valence-electron chi connectivity index (χ0n) is 14.6. The average molecular weight is 364 g/mol. The van der Waals surface area contributed by atoms with Gasteiger partial charge in [0.1, 0.15) is 0 Å². The Balaban J connectivity index is 0. The molecule has 6 heteroatoms. The third-order valence-corrected chi connectivity index (χ3v) is 3.89. The first-order chi connectivity index (χ1) is 9.97. The molecule has 23 heavy (non-hydrogen) atoms. The highest BCUT2D eigenvalue weighted by Crippen LogP contribution is 2.13. The molecule has 0 aliphatic carbocycles. The maximum Gasteiger partial charge on any atom is 0.251 e. The van der Waals surface area contributed by atoms with E-state index in [1.807, 2.05) is 19.1 Å². The number of nitrogens with zero attached hydrogens (tertiary/aromatic N) is 1. The van der Waals surface area contributed by atoms with Crippen molar-refractivity contribution >= 4 is 36.4 Å². The highest BCUT2D eigenvalue weighted by molar-refractivity contribution is 5.96. The molecule has 134 valence electrons. The van der Waals surface area contributed by atoms with Crippen LogP contribution in [0.3, 0.4) is 0 Å². The predicted octanol–water partition coefficient (Wildman–Crippen LogP) is 3.66. The highest BCUT2D eigenvalue weighted by Gasteiger charge is 2.12. The molecule has 1 aromatic rings. The zero-order valence-corrected chi connectivity index (χ0v) is 16.2. The number of aryl methyl sites for hydroxylation is 1. The Labute approximate surface area is 153 Å². The predicted molar refractivity (Wildman–Crippen MR) is 104 cm³/mol. The first-order valence-electron chi connectivity index (χ1n) is 7.87. The second-order valence-electron chi connectivity index (χ2n) is 5.62. The van der Waals surface area contributed by atoms with Gasteiger partial charge in [-0.25, -0.2) is 0 Å². The lowest BCUT2D eigenvalue weighted by molar-refractivity contribution is 0.0936. The molecule has 1 rings (SSSR count). The molecular formula is C17H31Cl2N3O. The molecule has 0 aliphatic rings. The summed E-state index contributed by atoms with van der Waals surface area (Å²) < 4.78 is 0. The van der Waals surface area contributed by atoms with E-state index in [-0.39, 0.29) is 36.8 Å². The van der Waals surface area contributed by atoms with E-state index in [1.54, 1.807) is 6.07 Å². The van der Waals surface area contributed by atoms with Gasteiger partial charge >= 0.3 is 0 Å². The Bertz CT molecular complexity index is 465. The molecular weight excluding hydrogens is 333 g/mol. The van der Waals surface area contributed by atoms with Crippen LogP contribution in [0.5, 0.6) is 0 Å². The Morgan fingerprint density at radius 1 is 1.26 bits per heavy atom. The normalized spacial score (nSPS) is 11.3. The van der Waals surface area contributed by atoms with Crippen molar-refractivity contribution in [2.45, 2.75) is 46.6 Å². The van der Waals surface area contributed by atoms with E-state index < -0.39 is 0 Å². The number of amides is 1. The number of halogens is 2. The topological polar surface area (TPSA) is 58.4 Å². The van der Waals surface area contributed by atoms with Gasteiger partial charge in [-0.05, 0) is 64.0 Å². The number of nitrogen functional groups attached to an aromatic ring is 1. The summed E-state index contributed by atoms with van der Waals surface area (Å²) in [4.78, 5) is 14.7. The SMILES string of the molecule is CCN(CC)CCCC(C)NC(=O)c1cc(N)ccc1C.Cl.Cl. The van der Waals surface area contributed by atoms with Crippen molar-refractivity contribution in [1.29, 1.82) is 0 Å². The number of carbonyl (C=O) groups is 1. The zero-order chi connectivity index (χ0) is 15.8. The molecule has 0 bridgehead atoms. The molecule has 0 fully saturated rings. The maximum atomic E-state index is 12.3. The third kappa shape index (κ3) is 8.45. The molecule has 0 aliphatic heterocycles. The van der Waals surface area contributed by atoms with Gasteiger partial charge in [0.25, 0.3) is 5.91 Å². The summed E-state index contributed by atoms with van der Waals surface area (Å²) in [5.74, 6) is -0.0323. The lowest BCUT2D eigenvalue weighted by atomic mass is 10.1. The van der Waals surface area contributed by atoms with Gasteiger partial charge in [0.05, 0.1) is 0 Å². The van der Waals surface area contributed by atoms with Crippen LogP contribution in [0.1, 0.15) is 49.5 Å². The summed E-state index contributed by atoms with van der Waals surface area (Å²) in [7, 11) is 0.